The van der Waals surface area contributed by atoms with Gasteiger partial charge in [-0.2, -0.15) is 0 Å². The lowest BCUT2D eigenvalue weighted by Crippen LogP contribution is -2.36. The smallest absolute Gasteiger partial charge is 0.508 e. The zero-order valence-corrected chi connectivity index (χ0v) is 61.2. The zero-order valence-electron chi connectivity index (χ0n) is 61.2. The number of esters is 1. The Balaban J connectivity index is 0.522. The summed E-state index contributed by atoms with van der Waals surface area (Å²) in [5.41, 5.74) is 5.08. The van der Waals surface area contributed by atoms with Crippen molar-refractivity contribution >= 4 is 63.8 Å². The number of carbonyl (C=O) groups is 8. The van der Waals surface area contributed by atoms with Gasteiger partial charge in [0.25, 0.3) is 5.56 Å². The number of benzene rings is 2. The second-order valence-corrected chi connectivity index (χ2v) is 26.8. The van der Waals surface area contributed by atoms with Crippen molar-refractivity contribution < 1.29 is 100 Å². The molecule has 2 fully saturated rings. The number of cyclic esters (lactones) is 1. The number of hydrogen-bond donors (Lipinski definition) is 3. The quantitative estimate of drug-likeness (QED) is 0.0207. The second kappa shape index (κ2) is 43.5. The summed E-state index contributed by atoms with van der Waals surface area (Å²) < 4.78 is 69.6. The Labute approximate surface area is 616 Å². The van der Waals surface area contributed by atoms with Crippen molar-refractivity contribution in [2.75, 3.05) is 144 Å². The van der Waals surface area contributed by atoms with Gasteiger partial charge in [0.1, 0.15) is 38.0 Å². The number of ketones is 3. The molecule has 1 aliphatic carbocycles. The first-order valence-corrected chi connectivity index (χ1v) is 37.0. The number of imide groups is 1. The number of unbranched alkanes of at least 4 members (excludes halogenated alkanes) is 1. The molecule has 3 N–H and O–H groups in total. The first-order valence-electron chi connectivity index (χ1n) is 37.0. The van der Waals surface area contributed by atoms with Gasteiger partial charge in [0, 0.05) is 91.4 Å². The molecule has 2 aromatic carbocycles. The van der Waals surface area contributed by atoms with Crippen LogP contribution in [0.25, 0.3) is 22.3 Å². The number of fused-ring (bicyclic) bond motifs is 5. The molecule has 3 aromatic heterocycles. The molecule has 3 amide bonds. The second-order valence-electron chi connectivity index (χ2n) is 26.8. The van der Waals surface area contributed by atoms with Gasteiger partial charge >= 0.3 is 12.1 Å². The lowest BCUT2D eigenvalue weighted by Gasteiger charge is -2.30. The lowest BCUT2D eigenvalue weighted by atomic mass is 9.79. The first kappa shape index (κ1) is 81.8. The minimum Gasteiger partial charge on any atom is -0.508 e. The fourth-order valence-corrected chi connectivity index (χ4v) is 13.3. The van der Waals surface area contributed by atoms with Crippen LogP contribution in [0.1, 0.15) is 131 Å². The summed E-state index contributed by atoms with van der Waals surface area (Å²) in [5, 5.41) is 25.3. The molecule has 0 radical (unpaired) electrons. The standard InChI is InChI=1S/C76H102N8O22/c1-4-61-62-42-58(85)19-20-66(62)79-70-64(61)46-83-67(70)43-63-65(74(83)92)50-104-75(93)71(63)106-76(94)105-47-53-12-16-56(17-13-53)78-72(90)55(8-5-6-22-77-3)41-60(87)49-103-48-59(86)9-7-24-95-26-28-97-30-32-99-34-36-101-38-39-102-37-35-100-33-31-98-29-27-96-25-23-82-45-57(80-81-82)18-21-68(88)54-14-10-52(11-15-54)44-84-69(89)40-51(2)73(84)91/h12-13,16-17,19-20,42-43,45,51-52,54-55,71,77,85H,4-11,14-15,18,21-41,44,46-50H2,1-3H3,(H,78,90). The number of phenols is 1. The van der Waals surface area contributed by atoms with E-state index >= 15 is 0 Å². The number of phenolic OH excluding ortho intramolecular Hbond substituents is 1. The highest BCUT2D eigenvalue weighted by Crippen LogP contribution is 2.40. The Morgan fingerprint density at radius 3 is 1.99 bits per heavy atom. The summed E-state index contributed by atoms with van der Waals surface area (Å²) in [5.74, 6) is -2.15. The molecular formula is C76H102N8O22. The minimum atomic E-state index is -1.58. The van der Waals surface area contributed by atoms with Crippen LogP contribution in [0.15, 0.2) is 59.5 Å². The third-order valence-electron chi connectivity index (χ3n) is 19.0. The van der Waals surface area contributed by atoms with Crippen LogP contribution in [-0.2, 0) is 130 Å². The van der Waals surface area contributed by atoms with Crippen LogP contribution in [0.2, 0.25) is 0 Å². The van der Waals surface area contributed by atoms with Gasteiger partial charge in [0.05, 0.1) is 140 Å². The molecule has 106 heavy (non-hydrogen) atoms. The highest BCUT2D eigenvalue weighted by molar-refractivity contribution is 6.03. The van der Waals surface area contributed by atoms with Crippen LogP contribution in [0.4, 0.5) is 10.5 Å². The SMILES string of the molecule is CCc1c2c(nc3ccc(O)cc13)-c1cc3c(c(=O)n1C2)COC(=O)C3OC(=O)OCc1ccc(NC(=O)C(CCCCNC)CC(=O)COCC(=O)CCCOCCOCCOCCOCCOCCOCCOCCOCCn2cc(CCC(=O)C3CCC(CN4C(=O)CC(C)C4=O)CC3)nn2)cc1. The van der Waals surface area contributed by atoms with Crippen LogP contribution in [0.5, 0.6) is 5.75 Å². The summed E-state index contributed by atoms with van der Waals surface area (Å²) in [7, 11) is 1.84. The van der Waals surface area contributed by atoms with E-state index in [9.17, 15) is 48.3 Å². The predicted octanol–water partition coefficient (Wildman–Crippen LogP) is 6.54. The number of aromatic hydroxyl groups is 1. The van der Waals surface area contributed by atoms with Crippen LogP contribution in [0, 0.1) is 23.7 Å². The van der Waals surface area contributed by atoms with Crippen LogP contribution in [0.3, 0.4) is 0 Å². The summed E-state index contributed by atoms with van der Waals surface area (Å²) in [6, 6.07) is 13.0. The number of ether oxygens (including phenoxy) is 12. The molecule has 578 valence electrons. The number of anilines is 1. The number of carbonyl (C=O) groups excluding carboxylic acids is 8. The summed E-state index contributed by atoms with van der Waals surface area (Å²) >= 11 is 0. The Bertz CT molecular complexity index is 3780. The van der Waals surface area contributed by atoms with Crippen molar-refractivity contribution in [3.63, 3.8) is 0 Å². The number of nitrogens with zero attached hydrogens (tertiary/aromatic N) is 6. The van der Waals surface area contributed by atoms with Crippen molar-refractivity contribution in [2.24, 2.45) is 23.7 Å². The van der Waals surface area contributed by atoms with E-state index in [4.69, 9.17) is 61.8 Å². The van der Waals surface area contributed by atoms with Gasteiger partial charge in [-0.25, -0.2) is 19.3 Å². The molecule has 9 rings (SSSR count). The molecule has 0 bridgehead atoms. The fourth-order valence-electron chi connectivity index (χ4n) is 13.3. The average Bonchev–Trinajstić information content (AvgIpc) is 1.57. The van der Waals surface area contributed by atoms with Gasteiger partial charge in [-0.1, -0.05) is 37.6 Å². The maximum atomic E-state index is 13.9. The van der Waals surface area contributed by atoms with E-state index in [-0.39, 0.29) is 116 Å². The first-order chi connectivity index (χ1) is 51.6. The molecule has 30 heteroatoms. The number of Topliss-reactive ketones (excluding diaryl/α,β-unsaturated/α-hetero) is 3. The molecule has 4 aliphatic rings. The molecule has 3 aliphatic heterocycles. The van der Waals surface area contributed by atoms with Crippen LogP contribution < -0.4 is 16.2 Å². The molecule has 3 atom stereocenters. The number of aromatic nitrogens is 5. The molecular weight excluding hydrogens is 1380 g/mol. The Morgan fingerprint density at radius 1 is 0.717 bits per heavy atom. The van der Waals surface area contributed by atoms with E-state index in [1.807, 2.05) is 20.2 Å². The van der Waals surface area contributed by atoms with Crippen molar-refractivity contribution in [1.82, 2.24) is 34.8 Å². The number of nitrogens with one attached hydrogen (secondary N) is 2. The van der Waals surface area contributed by atoms with Crippen molar-refractivity contribution in [1.29, 1.82) is 0 Å². The van der Waals surface area contributed by atoms with E-state index < -0.39 is 29.7 Å². The molecule has 3 unspecified atom stereocenters. The number of amides is 3. The van der Waals surface area contributed by atoms with Crippen molar-refractivity contribution in [3.05, 3.63) is 98.6 Å². The van der Waals surface area contributed by atoms with Crippen molar-refractivity contribution in [3.8, 4) is 17.1 Å². The highest BCUT2D eigenvalue weighted by atomic mass is 16.7. The van der Waals surface area contributed by atoms with Gasteiger partial charge in [-0.3, -0.25) is 38.5 Å². The van der Waals surface area contributed by atoms with E-state index in [0.29, 0.717) is 192 Å². The fraction of sp³-hybridized carbons (Fsp3) is 0.605. The molecule has 30 nitrogen and oxygen atoms in total. The van der Waals surface area contributed by atoms with Gasteiger partial charge < -0.3 is 77.1 Å². The van der Waals surface area contributed by atoms with Crippen LogP contribution >= 0.6 is 0 Å². The maximum absolute atomic E-state index is 13.9. The Morgan fingerprint density at radius 2 is 1.36 bits per heavy atom. The van der Waals surface area contributed by atoms with Gasteiger partial charge in [-0.15, -0.1) is 5.10 Å². The Kier molecular flexibility index (Phi) is 33.6. The molecule has 5 aromatic rings. The number of hydrogen-bond acceptors (Lipinski definition) is 26. The summed E-state index contributed by atoms with van der Waals surface area (Å²) in [4.78, 5) is 123. The molecule has 6 heterocycles. The van der Waals surface area contributed by atoms with Crippen molar-refractivity contribution in [2.45, 2.75) is 136 Å². The van der Waals surface area contributed by atoms with Gasteiger partial charge in [0.2, 0.25) is 23.8 Å². The van der Waals surface area contributed by atoms with Gasteiger partial charge in [-0.05, 0) is 118 Å². The van der Waals surface area contributed by atoms with E-state index in [2.05, 4.69) is 20.9 Å². The zero-order chi connectivity index (χ0) is 75.0. The lowest BCUT2D eigenvalue weighted by molar-refractivity contribution is -0.159. The van der Waals surface area contributed by atoms with E-state index in [1.54, 1.807) is 64.7 Å². The minimum absolute atomic E-state index is 0.0142. The Hall–Kier alpha value is -8.30. The molecule has 1 saturated heterocycles. The van der Waals surface area contributed by atoms with E-state index in [1.165, 1.54) is 4.90 Å². The number of likely N-dealkylation sites (tertiary alicyclic amines) is 1. The van der Waals surface area contributed by atoms with E-state index in [0.717, 1.165) is 60.9 Å². The number of rotatable bonds is 51. The van der Waals surface area contributed by atoms with Gasteiger partial charge in [0.15, 0.2) is 11.6 Å². The normalized spacial score (nSPS) is 17.1. The monoisotopic (exact) mass is 1480 g/mol. The highest BCUT2D eigenvalue weighted by Gasteiger charge is 2.40. The topological polar surface area (TPSA) is 360 Å². The molecule has 0 spiro atoms. The third kappa shape index (κ3) is 25.2. The summed E-state index contributed by atoms with van der Waals surface area (Å²) in [6.45, 7) is 11.2. The van der Waals surface area contributed by atoms with Crippen LogP contribution in [-0.4, -0.2) is 221 Å². The summed E-state index contributed by atoms with van der Waals surface area (Å²) in [6.07, 6.45) is 6.73. The predicted molar refractivity (Wildman–Crippen MR) is 382 cm³/mol. The third-order valence-corrected chi connectivity index (χ3v) is 19.0. The molecule has 1 saturated carbocycles. The largest absolute Gasteiger partial charge is 0.509 e. The average molecular weight is 1480 g/mol. The number of aryl methyl sites for hydroxylation is 2. The number of pyridine rings is 2. The maximum Gasteiger partial charge on any atom is 0.509 e.